The van der Waals surface area contributed by atoms with E-state index in [0.29, 0.717) is 17.6 Å². The zero-order valence-corrected chi connectivity index (χ0v) is 15.1. The van der Waals surface area contributed by atoms with Crippen molar-refractivity contribution >= 4 is 5.78 Å². The van der Waals surface area contributed by atoms with E-state index in [9.17, 15) is 9.90 Å². The second kappa shape index (κ2) is 4.85. The van der Waals surface area contributed by atoms with Crippen molar-refractivity contribution in [2.45, 2.75) is 64.9 Å². The summed E-state index contributed by atoms with van der Waals surface area (Å²) >= 11 is 0. The quantitative estimate of drug-likeness (QED) is 0.539. The van der Waals surface area contributed by atoms with Gasteiger partial charge in [0.25, 0.3) is 0 Å². The van der Waals surface area contributed by atoms with Gasteiger partial charge in [-0.3, -0.25) is 4.79 Å². The maximum atomic E-state index is 12.2. The van der Waals surface area contributed by atoms with Crippen LogP contribution >= 0.6 is 0 Å². The van der Waals surface area contributed by atoms with E-state index < -0.39 is 5.60 Å². The molecule has 4 rings (SSSR count). The molecule has 6 atom stereocenters. The first kappa shape index (κ1) is 16.2. The van der Waals surface area contributed by atoms with Crippen molar-refractivity contribution in [2.24, 2.45) is 28.6 Å². The van der Waals surface area contributed by atoms with Gasteiger partial charge in [0.1, 0.15) is 5.60 Å². The first-order valence-corrected chi connectivity index (χ1v) is 9.41. The molecule has 2 nitrogen and oxygen atoms in total. The van der Waals surface area contributed by atoms with Crippen LogP contribution in [0.2, 0.25) is 0 Å². The van der Waals surface area contributed by atoms with Gasteiger partial charge in [0.2, 0.25) is 0 Å². The molecule has 0 aliphatic heterocycles. The van der Waals surface area contributed by atoms with Crippen molar-refractivity contribution in [3.05, 3.63) is 23.3 Å². The maximum absolute atomic E-state index is 12.2. The molecule has 24 heavy (non-hydrogen) atoms. The first-order valence-electron chi connectivity index (χ1n) is 9.41. The van der Waals surface area contributed by atoms with Gasteiger partial charge in [0, 0.05) is 16.7 Å². The van der Waals surface area contributed by atoms with E-state index >= 15 is 0 Å². The van der Waals surface area contributed by atoms with Crippen molar-refractivity contribution in [2.75, 3.05) is 0 Å². The molecule has 128 valence electrons. The molecule has 0 aromatic rings. The Bertz CT molecular complexity index is 708. The summed E-state index contributed by atoms with van der Waals surface area (Å²) in [7, 11) is 0. The van der Waals surface area contributed by atoms with E-state index in [1.54, 1.807) is 0 Å². The Kier molecular flexibility index (Phi) is 3.27. The highest BCUT2D eigenvalue weighted by molar-refractivity contribution is 5.93. The van der Waals surface area contributed by atoms with Gasteiger partial charge in [0.15, 0.2) is 5.78 Å². The molecule has 0 radical (unpaired) electrons. The van der Waals surface area contributed by atoms with E-state index in [2.05, 4.69) is 32.8 Å². The molecule has 1 unspecified atom stereocenters. The highest BCUT2D eigenvalue weighted by Gasteiger charge is 2.61. The van der Waals surface area contributed by atoms with Crippen LogP contribution in [0.15, 0.2) is 23.3 Å². The number of hydrogen-bond acceptors (Lipinski definition) is 2. The Morgan fingerprint density at radius 2 is 2.08 bits per heavy atom. The second-order valence-corrected chi connectivity index (χ2v) is 9.09. The van der Waals surface area contributed by atoms with E-state index in [4.69, 9.17) is 6.42 Å². The number of carbonyl (C=O) groups is 1. The smallest absolute Gasteiger partial charge is 0.158 e. The Labute approximate surface area is 145 Å². The predicted molar refractivity (Wildman–Crippen MR) is 95.0 cm³/mol. The van der Waals surface area contributed by atoms with E-state index in [1.165, 1.54) is 11.1 Å². The third-order valence-electron chi connectivity index (χ3n) is 8.04. The van der Waals surface area contributed by atoms with E-state index in [1.807, 2.05) is 6.08 Å². The molecule has 0 heterocycles. The Morgan fingerprint density at radius 3 is 2.79 bits per heavy atom. The van der Waals surface area contributed by atoms with Crippen LogP contribution < -0.4 is 0 Å². The van der Waals surface area contributed by atoms with Gasteiger partial charge in [-0.05, 0) is 56.4 Å². The molecule has 0 bridgehead atoms. The van der Waals surface area contributed by atoms with E-state index in [0.717, 1.165) is 38.5 Å². The minimum Gasteiger partial charge on any atom is -0.377 e. The minimum atomic E-state index is -0.966. The van der Waals surface area contributed by atoms with Crippen LogP contribution in [0, 0.1) is 40.9 Å². The molecule has 0 aromatic heterocycles. The number of aliphatic hydroxyl groups is 1. The standard InChI is InChI=1S/C22H28O2/c1-5-22(24)11-9-18-16-7-6-15-12-19(23)14(2)13-20(15,3)17(16)8-10-21(18,22)4/h1,8,12,14,16,18,24H,6-7,9-11,13H2,2-4H3/t14?,16-,18+,20+,21+,22-/m1/s1. The van der Waals surface area contributed by atoms with Crippen LogP contribution in [0.25, 0.3) is 0 Å². The highest BCUT2D eigenvalue weighted by Crippen LogP contribution is 2.65. The van der Waals surface area contributed by atoms with Crippen molar-refractivity contribution in [1.82, 2.24) is 0 Å². The normalized spacial score (nSPS) is 50.1. The van der Waals surface area contributed by atoms with Crippen LogP contribution in [0.3, 0.4) is 0 Å². The van der Waals surface area contributed by atoms with Crippen molar-refractivity contribution in [3.8, 4) is 12.3 Å². The molecule has 4 aliphatic carbocycles. The molecule has 2 heteroatoms. The minimum absolute atomic E-state index is 0.0361. The number of hydrogen-bond donors (Lipinski definition) is 1. The van der Waals surface area contributed by atoms with Gasteiger partial charge in [-0.1, -0.05) is 43.9 Å². The summed E-state index contributed by atoms with van der Waals surface area (Å²) in [5.74, 6) is 4.10. The lowest BCUT2D eigenvalue weighted by Crippen LogP contribution is -2.50. The number of fused-ring (bicyclic) bond motifs is 5. The summed E-state index contributed by atoms with van der Waals surface area (Å²) in [6, 6.07) is 0. The molecule has 0 aromatic carbocycles. The molecular formula is C22H28O2. The van der Waals surface area contributed by atoms with Crippen molar-refractivity contribution in [1.29, 1.82) is 0 Å². The third kappa shape index (κ3) is 1.80. The number of ketones is 1. The average molecular weight is 324 g/mol. The maximum Gasteiger partial charge on any atom is 0.158 e. The lowest BCUT2D eigenvalue weighted by Gasteiger charge is -2.54. The lowest BCUT2D eigenvalue weighted by molar-refractivity contribution is -0.119. The predicted octanol–water partition coefficient (Wildman–Crippen LogP) is 4.05. The van der Waals surface area contributed by atoms with Gasteiger partial charge in [-0.25, -0.2) is 0 Å². The van der Waals surface area contributed by atoms with Gasteiger partial charge in [-0.15, -0.1) is 6.42 Å². The monoisotopic (exact) mass is 324 g/mol. The number of allylic oxidation sites excluding steroid dienone is 4. The molecule has 0 amide bonds. The third-order valence-corrected chi connectivity index (χ3v) is 8.04. The number of rotatable bonds is 0. The average Bonchev–Trinajstić information content (AvgIpc) is 2.81. The Balaban J connectivity index is 1.78. The lowest BCUT2D eigenvalue weighted by atomic mass is 9.50. The van der Waals surface area contributed by atoms with Crippen molar-refractivity contribution in [3.63, 3.8) is 0 Å². The summed E-state index contributed by atoms with van der Waals surface area (Å²) in [4.78, 5) is 12.2. The van der Waals surface area contributed by atoms with E-state index in [-0.39, 0.29) is 16.7 Å². The zero-order valence-electron chi connectivity index (χ0n) is 15.1. The summed E-state index contributed by atoms with van der Waals surface area (Å²) < 4.78 is 0. The summed E-state index contributed by atoms with van der Waals surface area (Å²) in [6.45, 7) is 6.59. The second-order valence-electron chi connectivity index (χ2n) is 9.09. The molecule has 2 fully saturated rings. The molecule has 0 saturated heterocycles. The van der Waals surface area contributed by atoms with Gasteiger partial charge in [0.05, 0.1) is 0 Å². The molecule has 0 spiro atoms. The summed E-state index contributed by atoms with van der Waals surface area (Å²) in [5.41, 5.74) is 1.73. The number of terminal acetylenes is 1. The van der Waals surface area contributed by atoms with Crippen molar-refractivity contribution < 1.29 is 9.90 Å². The molecule has 2 saturated carbocycles. The number of carbonyl (C=O) groups excluding carboxylic acids is 1. The molecular weight excluding hydrogens is 296 g/mol. The summed E-state index contributed by atoms with van der Waals surface area (Å²) in [6.07, 6.45) is 15.7. The highest BCUT2D eigenvalue weighted by atomic mass is 16.3. The van der Waals surface area contributed by atoms with Crippen LogP contribution in [-0.2, 0) is 4.79 Å². The first-order chi connectivity index (χ1) is 11.2. The molecule has 4 aliphatic rings. The Morgan fingerprint density at radius 1 is 1.33 bits per heavy atom. The van der Waals surface area contributed by atoms with Crippen LogP contribution in [0.5, 0.6) is 0 Å². The Hall–Kier alpha value is -1.33. The molecule has 1 N–H and O–H groups in total. The van der Waals surface area contributed by atoms with Crippen LogP contribution in [0.1, 0.15) is 59.3 Å². The van der Waals surface area contributed by atoms with Crippen LogP contribution in [0.4, 0.5) is 0 Å². The summed E-state index contributed by atoms with van der Waals surface area (Å²) in [5, 5.41) is 11.0. The fourth-order valence-corrected chi connectivity index (χ4v) is 6.44. The fourth-order valence-electron chi connectivity index (χ4n) is 6.44. The van der Waals surface area contributed by atoms with Crippen LogP contribution in [-0.4, -0.2) is 16.5 Å². The SMILES string of the molecule is C#C[C@@]1(O)CC[C@H]2[C@@H]3CCC4=CC(=O)C(C)C[C@]4(C)C3=CC[C@@]21C. The zero-order chi connectivity index (χ0) is 17.3. The van der Waals surface area contributed by atoms with Gasteiger partial charge < -0.3 is 5.11 Å². The fraction of sp³-hybridized carbons (Fsp3) is 0.682. The van der Waals surface area contributed by atoms with Gasteiger partial charge in [-0.2, -0.15) is 0 Å². The largest absolute Gasteiger partial charge is 0.377 e. The van der Waals surface area contributed by atoms with Gasteiger partial charge >= 0.3 is 0 Å². The topological polar surface area (TPSA) is 37.3 Å².